The molecule has 0 amide bonds. The smallest absolute Gasteiger partial charge is 0.272 e. The maximum atomic E-state index is 12.5. The zero-order chi connectivity index (χ0) is 16.7. The van der Waals surface area contributed by atoms with E-state index >= 15 is 0 Å². The molecule has 24 heavy (non-hydrogen) atoms. The van der Waals surface area contributed by atoms with Gasteiger partial charge in [0, 0.05) is 17.3 Å². The second-order valence-corrected chi connectivity index (χ2v) is 7.45. The van der Waals surface area contributed by atoms with Crippen LogP contribution in [0.5, 0.6) is 0 Å². The molecule has 0 atom stereocenters. The van der Waals surface area contributed by atoms with E-state index < -0.39 is 0 Å². The van der Waals surface area contributed by atoms with Gasteiger partial charge in [0.1, 0.15) is 4.70 Å². The van der Waals surface area contributed by atoms with Crippen LogP contribution < -0.4 is 5.56 Å². The van der Waals surface area contributed by atoms with Gasteiger partial charge in [-0.2, -0.15) is 0 Å². The van der Waals surface area contributed by atoms with Crippen molar-refractivity contribution in [3.63, 3.8) is 0 Å². The van der Waals surface area contributed by atoms with E-state index in [1.54, 1.807) is 16.3 Å². The lowest BCUT2D eigenvalue weighted by Gasteiger charge is -2.07. The van der Waals surface area contributed by atoms with Crippen molar-refractivity contribution in [3.05, 3.63) is 56.7 Å². The van der Waals surface area contributed by atoms with Crippen LogP contribution in [0.3, 0.4) is 0 Å². The molecule has 0 spiro atoms. The van der Waals surface area contributed by atoms with Gasteiger partial charge in [-0.15, -0.1) is 21.5 Å². The Labute approximate surface area is 150 Å². The lowest BCUT2D eigenvalue weighted by atomic mass is 10.2. The van der Waals surface area contributed by atoms with Crippen LogP contribution in [0.2, 0.25) is 5.02 Å². The van der Waals surface area contributed by atoms with Crippen molar-refractivity contribution < 1.29 is 0 Å². The molecule has 122 valence electrons. The summed E-state index contributed by atoms with van der Waals surface area (Å²) < 4.78 is 4.34. The number of rotatable bonds is 4. The minimum absolute atomic E-state index is 0.00921. The van der Waals surface area contributed by atoms with Gasteiger partial charge < -0.3 is 0 Å². The largest absolute Gasteiger partial charge is 0.276 e. The predicted molar refractivity (Wildman–Crippen MR) is 99.3 cm³/mol. The van der Waals surface area contributed by atoms with Crippen LogP contribution in [-0.4, -0.2) is 19.2 Å². The van der Waals surface area contributed by atoms with Crippen molar-refractivity contribution in [2.75, 3.05) is 0 Å². The highest BCUT2D eigenvalue weighted by molar-refractivity contribution is 7.98. The molecule has 4 aromatic rings. The van der Waals surface area contributed by atoms with Gasteiger partial charge in [0.15, 0.2) is 5.16 Å². The SMILES string of the molecule is CCn1c(=O)c2sccc2n2c(SCc3ccccc3Cl)nnc12. The molecule has 0 bridgehead atoms. The maximum Gasteiger partial charge on any atom is 0.272 e. The Morgan fingerprint density at radius 1 is 1.25 bits per heavy atom. The van der Waals surface area contributed by atoms with Gasteiger partial charge in [-0.1, -0.05) is 41.6 Å². The molecule has 0 aliphatic heterocycles. The molecule has 0 saturated carbocycles. The third-order valence-corrected chi connectivity index (χ3v) is 6.05. The number of hydrogen-bond acceptors (Lipinski definition) is 5. The lowest BCUT2D eigenvalue weighted by molar-refractivity contribution is 0.735. The van der Waals surface area contributed by atoms with Crippen LogP contribution in [-0.2, 0) is 12.3 Å². The molecule has 8 heteroatoms. The Morgan fingerprint density at radius 2 is 2.08 bits per heavy atom. The summed E-state index contributed by atoms with van der Waals surface area (Å²) >= 11 is 9.24. The normalized spacial score (nSPS) is 11.6. The van der Waals surface area contributed by atoms with E-state index in [4.69, 9.17) is 11.6 Å². The van der Waals surface area contributed by atoms with E-state index in [0.717, 1.165) is 26.0 Å². The summed E-state index contributed by atoms with van der Waals surface area (Å²) in [5, 5.41) is 12.0. The first kappa shape index (κ1) is 15.7. The number of thioether (sulfide) groups is 1. The molecule has 0 N–H and O–H groups in total. The van der Waals surface area contributed by atoms with Crippen LogP contribution in [0.1, 0.15) is 12.5 Å². The van der Waals surface area contributed by atoms with E-state index in [0.29, 0.717) is 18.1 Å². The predicted octanol–water partition coefficient (Wildman–Crippen LogP) is 4.07. The number of aryl methyl sites for hydroxylation is 1. The third kappa shape index (κ3) is 2.44. The van der Waals surface area contributed by atoms with Crippen LogP contribution >= 0.6 is 34.7 Å². The van der Waals surface area contributed by atoms with Crippen molar-refractivity contribution in [2.45, 2.75) is 24.4 Å². The first-order valence-corrected chi connectivity index (χ1v) is 9.66. The fourth-order valence-electron chi connectivity index (χ4n) is 2.64. The Morgan fingerprint density at radius 3 is 2.88 bits per heavy atom. The molecular weight excluding hydrogens is 364 g/mol. The number of nitrogens with zero attached hydrogens (tertiary/aromatic N) is 4. The van der Waals surface area contributed by atoms with E-state index in [9.17, 15) is 4.79 Å². The maximum absolute atomic E-state index is 12.5. The molecule has 0 aliphatic carbocycles. The second kappa shape index (κ2) is 6.23. The molecular formula is C16H13ClN4OS2. The number of hydrogen-bond donors (Lipinski definition) is 0. The van der Waals surface area contributed by atoms with Crippen molar-refractivity contribution in [1.29, 1.82) is 0 Å². The quantitative estimate of drug-likeness (QED) is 0.504. The van der Waals surface area contributed by atoms with Gasteiger partial charge in [-0.3, -0.25) is 13.8 Å². The van der Waals surface area contributed by atoms with Crippen LogP contribution in [0.15, 0.2) is 45.7 Å². The van der Waals surface area contributed by atoms with Gasteiger partial charge in [0.05, 0.1) is 5.52 Å². The summed E-state index contributed by atoms with van der Waals surface area (Å²) in [6.45, 7) is 2.50. The topological polar surface area (TPSA) is 52.2 Å². The second-order valence-electron chi connectivity index (χ2n) is 5.18. The number of benzene rings is 1. The van der Waals surface area contributed by atoms with Crippen molar-refractivity contribution in [2.24, 2.45) is 0 Å². The average molecular weight is 377 g/mol. The number of thiophene rings is 1. The monoisotopic (exact) mass is 376 g/mol. The average Bonchev–Trinajstić information content (AvgIpc) is 3.21. The molecule has 0 aliphatic rings. The fourth-order valence-corrected chi connectivity index (χ4v) is 4.69. The summed E-state index contributed by atoms with van der Waals surface area (Å²) in [4.78, 5) is 12.5. The van der Waals surface area contributed by atoms with E-state index in [1.807, 2.05) is 47.0 Å². The minimum atomic E-state index is -0.00921. The zero-order valence-electron chi connectivity index (χ0n) is 12.8. The molecule has 3 heterocycles. The highest BCUT2D eigenvalue weighted by Crippen LogP contribution is 2.28. The summed E-state index contributed by atoms with van der Waals surface area (Å²) in [5.41, 5.74) is 1.90. The van der Waals surface area contributed by atoms with Crippen LogP contribution in [0.4, 0.5) is 0 Å². The Hall–Kier alpha value is -1.83. The van der Waals surface area contributed by atoms with E-state index in [2.05, 4.69) is 10.2 Å². The summed E-state index contributed by atoms with van der Waals surface area (Å²) in [7, 11) is 0. The van der Waals surface area contributed by atoms with Crippen molar-refractivity contribution in [1.82, 2.24) is 19.2 Å². The first-order valence-electron chi connectivity index (χ1n) is 7.42. The van der Waals surface area contributed by atoms with Gasteiger partial charge in [0.25, 0.3) is 5.56 Å². The van der Waals surface area contributed by atoms with Gasteiger partial charge in [-0.25, -0.2) is 0 Å². The van der Waals surface area contributed by atoms with Crippen molar-refractivity contribution >= 4 is 50.7 Å². The Balaban J connectivity index is 1.84. The highest BCUT2D eigenvalue weighted by atomic mass is 35.5. The summed E-state index contributed by atoms with van der Waals surface area (Å²) in [6, 6.07) is 9.70. The number of aromatic nitrogens is 4. The third-order valence-electron chi connectivity index (χ3n) is 3.81. The fraction of sp³-hybridized carbons (Fsp3) is 0.188. The van der Waals surface area contributed by atoms with Gasteiger partial charge >= 0.3 is 0 Å². The molecule has 0 unspecified atom stereocenters. The highest BCUT2D eigenvalue weighted by Gasteiger charge is 2.17. The zero-order valence-corrected chi connectivity index (χ0v) is 15.2. The van der Waals surface area contributed by atoms with Crippen LogP contribution in [0, 0.1) is 0 Å². The van der Waals surface area contributed by atoms with E-state index in [1.165, 1.54) is 11.3 Å². The number of halogens is 1. The number of fused-ring (bicyclic) bond motifs is 3. The molecule has 0 radical (unpaired) electrons. The minimum Gasteiger partial charge on any atom is -0.276 e. The standard InChI is InChI=1S/C16H13ClN4OS2/c1-2-20-14(22)13-12(7-8-23-13)21-15(20)18-19-16(21)24-9-10-5-3-4-6-11(10)17/h3-8H,2,9H2,1H3. The molecule has 4 rings (SSSR count). The Kier molecular flexibility index (Phi) is 4.07. The molecule has 0 fully saturated rings. The molecule has 3 aromatic heterocycles. The molecule has 5 nitrogen and oxygen atoms in total. The van der Waals surface area contributed by atoms with Crippen molar-refractivity contribution in [3.8, 4) is 0 Å². The van der Waals surface area contributed by atoms with Gasteiger partial charge in [0.2, 0.25) is 5.78 Å². The lowest BCUT2D eigenvalue weighted by Crippen LogP contribution is -2.21. The van der Waals surface area contributed by atoms with Gasteiger partial charge in [-0.05, 0) is 30.0 Å². The first-order chi connectivity index (χ1) is 11.7. The van der Waals surface area contributed by atoms with Crippen LogP contribution in [0.25, 0.3) is 16.0 Å². The summed E-state index contributed by atoms with van der Waals surface area (Å²) in [5.74, 6) is 1.27. The molecule has 1 aromatic carbocycles. The summed E-state index contributed by atoms with van der Waals surface area (Å²) in [6.07, 6.45) is 0. The van der Waals surface area contributed by atoms with E-state index in [-0.39, 0.29) is 5.56 Å². The Bertz CT molecular complexity index is 1100. The molecule has 0 saturated heterocycles.